The van der Waals surface area contributed by atoms with Crippen molar-refractivity contribution in [2.24, 2.45) is 51.2 Å². The first-order valence-corrected chi connectivity index (χ1v) is 20.9. The van der Waals surface area contributed by atoms with E-state index in [9.17, 15) is 10.2 Å². The zero-order valence-electron chi connectivity index (χ0n) is 32.9. The normalized spacial score (nSPS) is 46.9. The maximum absolute atomic E-state index is 11.0. The van der Waals surface area contributed by atoms with E-state index in [-0.39, 0.29) is 30.0 Å². The van der Waals surface area contributed by atoms with Gasteiger partial charge >= 0.3 is 0 Å². The molecule has 3 aliphatic heterocycles. The van der Waals surface area contributed by atoms with Crippen molar-refractivity contribution in [2.75, 3.05) is 52.5 Å². The summed E-state index contributed by atoms with van der Waals surface area (Å²) in [4.78, 5) is 4.96. The molecule has 2 N–H and O–H groups in total. The van der Waals surface area contributed by atoms with E-state index in [1.807, 2.05) is 34.6 Å². The topological polar surface area (TPSA) is 83.9 Å². The van der Waals surface area contributed by atoms with Gasteiger partial charge in [0.25, 0.3) is 0 Å². The molecular weight excluding hydrogens is 628 g/mol. The lowest BCUT2D eigenvalue weighted by atomic mass is 9.46. The van der Waals surface area contributed by atoms with E-state index in [0.717, 1.165) is 70.0 Å². The van der Waals surface area contributed by atoms with Gasteiger partial charge in [-0.2, -0.15) is 0 Å². The molecule has 8 nitrogen and oxygen atoms in total. The lowest BCUT2D eigenvalue weighted by molar-refractivity contribution is -0.246. The molecule has 5 aliphatic carbocycles. The van der Waals surface area contributed by atoms with Crippen LogP contribution in [-0.2, 0) is 18.9 Å². The van der Waals surface area contributed by atoms with E-state index in [1.165, 1.54) is 57.8 Å². The lowest BCUT2D eigenvalue weighted by Gasteiger charge is -2.60. The molecule has 0 aromatic carbocycles. The summed E-state index contributed by atoms with van der Waals surface area (Å²) in [5.41, 5.74) is 0.0301. The van der Waals surface area contributed by atoms with Gasteiger partial charge in [0, 0.05) is 45.9 Å². The molecule has 0 amide bonds. The van der Waals surface area contributed by atoms with Crippen LogP contribution in [0, 0.1) is 51.2 Å². The van der Waals surface area contributed by atoms with Gasteiger partial charge in [-0.3, -0.25) is 9.80 Å². The second-order valence-electron chi connectivity index (χ2n) is 20.9. The number of nitrogens with zero attached hydrogens (tertiary/aromatic N) is 2. The Morgan fingerprint density at radius 2 is 1.62 bits per heavy atom. The van der Waals surface area contributed by atoms with Crippen LogP contribution < -0.4 is 0 Å². The first-order chi connectivity index (χ1) is 23.5. The highest BCUT2D eigenvalue weighted by Crippen LogP contribution is 2.87. The lowest BCUT2D eigenvalue weighted by Crippen LogP contribution is -2.58. The zero-order chi connectivity index (χ0) is 35.5. The molecule has 0 radical (unpaired) electrons. The Morgan fingerprint density at radius 3 is 2.34 bits per heavy atom. The molecule has 8 rings (SSSR count). The summed E-state index contributed by atoms with van der Waals surface area (Å²) in [6.45, 7) is 24.6. The number of rotatable bonds is 10. The molecule has 8 heteroatoms. The summed E-state index contributed by atoms with van der Waals surface area (Å²) in [7, 11) is 0. The van der Waals surface area contributed by atoms with E-state index >= 15 is 0 Å². The van der Waals surface area contributed by atoms with Crippen LogP contribution in [-0.4, -0.2) is 114 Å². The van der Waals surface area contributed by atoms with E-state index in [4.69, 9.17) is 18.9 Å². The number of morpholine rings is 1. The minimum Gasteiger partial charge on any atom is -0.389 e. The van der Waals surface area contributed by atoms with Crippen molar-refractivity contribution < 1.29 is 29.2 Å². The molecule has 0 aromatic rings. The van der Waals surface area contributed by atoms with Crippen LogP contribution in [0.4, 0.5) is 0 Å². The maximum Gasteiger partial charge on any atom is 0.170 e. The van der Waals surface area contributed by atoms with E-state index < -0.39 is 11.2 Å². The molecule has 12 atom stereocenters. The van der Waals surface area contributed by atoms with E-state index in [2.05, 4.69) is 30.6 Å². The molecule has 50 heavy (non-hydrogen) atoms. The van der Waals surface area contributed by atoms with Crippen molar-refractivity contribution in [3.63, 3.8) is 0 Å². The number of hydrogen-bond acceptors (Lipinski definition) is 8. The van der Waals surface area contributed by atoms with Crippen molar-refractivity contribution in [3.05, 3.63) is 0 Å². The number of β-amino-alcohol motifs (C(OH)–C–C–N with tert-alkyl or cyclic N) is 1. The van der Waals surface area contributed by atoms with Gasteiger partial charge in [-0.25, -0.2) is 0 Å². The molecule has 3 saturated heterocycles. The van der Waals surface area contributed by atoms with Crippen LogP contribution in [0.2, 0.25) is 0 Å². The van der Waals surface area contributed by atoms with Gasteiger partial charge in [0.1, 0.15) is 6.10 Å². The van der Waals surface area contributed by atoms with Gasteiger partial charge in [0.2, 0.25) is 0 Å². The Balaban J connectivity index is 0.897. The van der Waals surface area contributed by atoms with Gasteiger partial charge in [-0.05, 0) is 150 Å². The predicted molar refractivity (Wildman–Crippen MR) is 195 cm³/mol. The molecule has 0 bridgehead atoms. The molecule has 8 aliphatic rings. The maximum atomic E-state index is 11.0. The molecular formula is C42H72N2O6. The molecule has 11 unspecified atom stereocenters. The highest BCUT2D eigenvalue weighted by Gasteiger charge is 2.80. The molecule has 8 fully saturated rings. The third-order valence-electron chi connectivity index (χ3n) is 16.5. The minimum atomic E-state index is -0.902. The van der Waals surface area contributed by atoms with E-state index in [1.54, 1.807) is 0 Å². The third kappa shape index (κ3) is 5.99. The molecule has 286 valence electrons. The summed E-state index contributed by atoms with van der Waals surface area (Å²) in [5.74, 6) is 3.64. The first-order valence-electron chi connectivity index (χ1n) is 20.9. The number of fused-ring (bicyclic) bond motifs is 4. The Hall–Kier alpha value is -0.320. The summed E-state index contributed by atoms with van der Waals surface area (Å²) >= 11 is 0. The number of hydrogen-bond donors (Lipinski definition) is 2. The highest BCUT2D eigenvalue weighted by molar-refractivity contribution is 5.29. The van der Waals surface area contributed by atoms with Crippen LogP contribution in [0.1, 0.15) is 120 Å². The van der Waals surface area contributed by atoms with Crippen molar-refractivity contribution in [1.29, 1.82) is 0 Å². The molecule has 3 heterocycles. The Kier molecular flexibility index (Phi) is 9.24. The zero-order valence-corrected chi connectivity index (χ0v) is 32.9. The fourth-order valence-electron chi connectivity index (χ4n) is 14.6. The molecule has 2 spiro atoms. The number of ether oxygens (including phenoxy) is 4. The van der Waals surface area contributed by atoms with E-state index in [0.29, 0.717) is 40.8 Å². The van der Waals surface area contributed by atoms with Crippen LogP contribution >= 0.6 is 0 Å². The Morgan fingerprint density at radius 1 is 0.860 bits per heavy atom. The predicted octanol–water partition coefficient (Wildman–Crippen LogP) is 6.12. The smallest absolute Gasteiger partial charge is 0.170 e. The number of likely N-dealkylation sites (tertiary alicyclic amines) is 1. The molecule has 5 saturated carbocycles. The van der Waals surface area contributed by atoms with Crippen LogP contribution in [0.25, 0.3) is 0 Å². The standard InChI is InChI=1S/C42H72N2O6/c1-9-47-36(39(6,7)46)31-12-10-29-32(49-31)20-30-28-11-13-33-38(4,5)34(14-15-42(33)25-41(28,42)17-16-40(29,30)8)50-35-24-43(18-19-48-35)21-27-22-44(23-27)26-37(2,3)45/h27-36,45-46H,9-26H2,1-8H3/t28?,29?,30?,31-,32?,33?,34?,35?,36?,40?,41?,42?/m0/s1. The Labute approximate surface area is 303 Å². The van der Waals surface area contributed by atoms with Crippen LogP contribution in [0.3, 0.4) is 0 Å². The average Bonchev–Trinajstić information content (AvgIpc) is 3.59. The van der Waals surface area contributed by atoms with Crippen LogP contribution in [0.5, 0.6) is 0 Å². The highest BCUT2D eigenvalue weighted by atomic mass is 16.7. The summed E-state index contributed by atoms with van der Waals surface area (Å²) in [6, 6.07) is 0. The SMILES string of the molecule is CCOC([C@@H]1CCC2C(CC3C4CCC5C(C)(C)C(OC6CN(CC7CN(CC(C)(C)O)C7)CCO6)CCC56CC46CCC23C)O1)C(C)(C)O. The Bertz CT molecular complexity index is 1240. The van der Waals surface area contributed by atoms with Crippen molar-refractivity contribution in [2.45, 2.75) is 162 Å². The van der Waals surface area contributed by atoms with Gasteiger partial charge < -0.3 is 29.2 Å². The van der Waals surface area contributed by atoms with Gasteiger partial charge in [0.15, 0.2) is 6.29 Å². The third-order valence-corrected chi connectivity index (χ3v) is 16.5. The second kappa shape index (κ2) is 12.6. The minimum absolute atomic E-state index is 0.0127. The quantitative estimate of drug-likeness (QED) is 0.283. The van der Waals surface area contributed by atoms with Gasteiger partial charge in [-0.15, -0.1) is 0 Å². The summed E-state index contributed by atoms with van der Waals surface area (Å²) in [5, 5.41) is 21.2. The summed E-state index contributed by atoms with van der Waals surface area (Å²) < 4.78 is 26.4. The largest absolute Gasteiger partial charge is 0.389 e. The van der Waals surface area contributed by atoms with Gasteiger partial charge in [-0.1, -0.05) is 20.8 Å². The van der Waals surface area contributed by atoms with Crippen molar-refractivity contribution >= 4 is 0 Å². The first kappa shape index (κ1) is 36.6. The summed E-state index contributed by atoms with van der Waals surface area (Å²) in [6.07, 6.45) is 13.0. The van der Waals surface area contributed by atoms with Crippen LogP contribution in [0.15, 0.2) is 0 Å². The van der Waals surface area contributed by atoms with Gasteiger partial charge in [0.05, 0.1) is 36.1 Å². The second-order valence-corrected chi connectivity index (χ2v) is 20.9. The fourth-order valence-corrected chi connectivity index (χ4v) is 14.6. The fraction of sp³-hybridized carbons (Fsp3) is 1.00. The monoisotopic (exact) mass is 701 g/mol. The number of aliphatic hydroxyl groups is 2. The van der Waals surface area contributed by atoms with Crippen molar-refractivity contribution in [3.8, 4) is 0 Å². The average molecular weight is 701 g/mol. The van der Waals surface area contributed by atoms with Crippen molar-refractivity contribution in [1.82, 2.24) is 9.80 Å². The molecule has 0 aromatic heterocycles.